The van der Waals surface area contributed by atoms with E-state index in [9.17, 15) is 9.59 Å². The average Bonchev–Trinajstić information content (AvgIpc) is 2.71. The Bertz CT molecular complexity index is 487. The fraction of sp³-hybridized carbons (Fsp3) is 0.538. The number of nitrogen functional groups attached to an aromatic ring is 1. The Morgan fingerprint density at radius 3 is 2.60 bits per heavy atom. The van der Waals surface area contributed by atoms with Crippen molar-refractivity contribution in [2.75, 3.05) is 25.4 Å². The van der Waals surface area contributed by atoms with Gasteiger partial charge in [-0.25, -0.2) is 0 Å². The first-order valence-electron chi connectivity index (χ1n) is 6.63. The van der Waals surface area contributed by atoms with Gasteiger partial charge in [0, 0.05) is 29.7 Å². The molecule has 1 saturated heterocycles. The lowest BCUT2D eigenvalue weighted by atomic mass is 10.0. The molecule has 2 rings (SSSR count). The summed E-state index contributed by atoms with van der Waals surface area (Å²) in [5, 5.41) is 3.02. The highest BCUT2D eigenvalue weighted by atomic mass is 32.1. The minimum Gasteiger partial charge on any atom is -0.398 e. The van der Waals surface area contributed by atoms with E-state index in [0.717, 1.165) is 30.8 Å². The Hall–Kier alpha value is -1.60. The van der Waals surface area contributed by atoms with Crippen LogP contribution in [0.3, 0.4) is 0 Å². The lowest BCUT2D eigenvalue weighted by molar-refractivity contribution is -0.119. The van der Waals surface area contributed by atoms with Crippen LogP contribution in [-0.4, -0.2) is 42.4 Å². The van der Waals surface area contributed by atoms with Gasteiger partial charge >= 0.3 is 0 Å². The van der Waals surface area contributed by atoms with Gasteiger partial charge in [-0.15, -0.1) is 11.3 Å². The summed E-state index contributed by atoms with van der Waals surface area (Å²) in [7, 11) is 0. The van der Waals surface area contributed by atoms with Gasteiger partial charge in [-0.2, -0.15) is 0 Å². The molecule has 0 aromatic carbocycles. The average molecular weight is 296 g/mol. The molecule has 1 aliphatic heterocycles. The molecule has 2 heterocycles. The quantitative estimate of drug-likeness (QED) is 0.744. The molecule has 1 aromatic rings. The number of thiophene rings is 1. The topological polar surface area (TPSA) is 101 Å². The maximum atomic E-state index is 12.1. The van der Waals surface area contributed by atoms with Crippen LogP contribution in [0.2, 0.25) is 0 Å². The number of primary amides is 1. The van der Waals surface area contributed by atoms with Gasteiger partial charge in [0.05, 0.1) is 11.4 Å². The summed E-state index contributed by atoms with van der Waals surface area (Å²) in [5.74, 6) is -0.375. The van der Waals surface area contributed by atoms with Crippen molar-refractivity contribution in [1.29, 1.82) is 0 Å². The van der Waals surface area contributed by atoms with Crippen LogP contribution in [0.25, 0.3) is 0 Å². The number of anilines is 1. The number of nitrogens with zero attached hydrogens (tertiary/aromatic N) is 1. The first-order chi connectivity index (χ1) is 9.45. The van der Waals surface area contributed by atoms with Crippen LogP contribution >= 0.6 is 11.3 Å². The molecule has 6 nitrogen and oxygen atoms in total. The van der Waals surface area contributed by atoms with Crippen molar-refractivity contribution in [1.82, 2.24) is 10.2 Å². The number of likely N-dealkylation sites (tertiary alicyclic amines) is 1. The second-order valence-corrected chi connectivity index (χ2v) is 6.37. The maximum Gasteiger partial charge on any atom is 0.261 e. The van der Waals surface area contributed by atoms with Gasteiger partial charge in [-0.1, -0.05) is 0 Å². The lowest BCUT2D eigenvalue weighted by Crippen LogP contribution is -2.46. The van der Waals surface area contributed by atoms with E-state index in [1.165, 1.54) is 11.3 Å². The fourth-order valence-electron chi connectivity index (χ4n) is 2.32. The molecule has 1 fully saturated rings. The monoisotopic (exact) mass is 296 g/mol. The number of hydrogen-bond donors (Lipinski definition) is 3. The third kappa shape index (κ3) is 3.71. The number of hydrogen-bond acceptors (Lipinski definition) is 5. The molecule has 0 unspecified atom stereocenters. The largest absolute Gasteiger partial charge is 0.398 e. The van der Waals surface area contributed by atoms with Crippen molar-refractivity contribution >= 4 is 28.8 Å². The van der Waals surface area contributed by atoms with E-state index in [2.05, 4.69) is 5.32 Å². The Balaban J connectivity index is 1.83. The summed E-state index contributed by atoms with van der Waals surface area (Å²) in [5.41, 5.74) is 11.6. The van der Waals surface area contributed by atoms with Crippen LogP contribution in [0.1, 0.15) is 27.4 Å². The summed E-state index contributed by atoms with van der Waals surface area (Å²) in [4.78, 5) is 26.6. The number of aryl methyl sites for hydroxylation is 1. The van der Waals surface area contributed by atoms with Crippen molar-refractivity contribution in [3.05, 3.63) is 15.8 Å². The van der Waals surface area contributed by atoms with Gasteiger partial charge in [0.25, 0.3) is 5.91 Å². The molecule has 5 N–H and O–H groups in total. The van der Waals surface area contributed by atoms with Crippen molar-refractivity contribution in [3.63, 3.8) is 0 Å². The molecule has 0 spiro atoms. The molecule has 7 heteroatoms. The minimum absolute atomic E-state index is 0.0665. The number of nitrogens with two attached hydrogens (primary N) is 2. The molecule has 110 valence electrons. The number of piperidine rings is 1. The predicted molar refractivity (Wildman–Crippen MR) is 79.6 cm³/mol. The molecular weight excluding hydrogens is 276 g/mol. The minimum atomic E-state index is -0.308. The number of carbonyl (C=O) groups excluding carboxylic acids is 2. The Kier molecular flexibility index (Phi) is 4.61. The first-order valence-corrected chi connectivity index (χ1v) is 7.45. The van der Waals surface area contributed by atoms with Gasteiger partial charge in [-0.05, 0) is 25.8 Å². The number of amides is 2. The van der Waals surface area contributed by atoms with E-state index in [0.29, 0.717) is 17.1 Å². The molecule has 0 radical (unpaired) electrons. The van der Waals surface area contributed by atoms with Gasteiger partial charge in [0.1, 0.15) is 0 Å². The zero-order chi connectivity index (χ0) is 14.7. The Morgan fingerprint density at radius 1 is 1.45 bits per heavy atom. The van der Waals surface area contributed by atoms with E-state index >= 15 is 0 Å². The SMILES string of the molecule is Cc1sc(C(=O)NC2CCN(CC(N)=O)CC2)cc1N. The summed E-state index contributed by atoms with van der Waals surface area (Å²) >= 11 is 1.41. The third-order valence-corrected chi connectivity index (χ3v) is 4.55. The highest BCUT2D eigenvalue weighted by Gasteiger charge is 2.22. The molecule has 0 aliphatic carbocycles. The lowest BCUT2D eigenvalue weighted by Gasteiger charge is -2.31. The van der Waals surface area contributed by atoms with Crippen LogP contribution in [-0.2, 0) is 4.79 Å². The summed E-state index contributed by atoms with van der Waals surface area (Å²) < 4.78 is 0. The van der Waals surface area contributed by atoms with Gasteiger partial charge in [-0.3, -0.25) is 14.5 Å². The second-order valence-electron chi connectivity index (χ2n) is 5.11. The van der Waals surface area contributed by atoms with Crippen molar-refractivity contribution in [2.45, 2.75) is 25.8 Å². The van der Waals surface area contributed by atoms with Gasteiger partial charge in [0.2, 0.25) is 5.91 Å². The van der Waals surface area contributed by atoms with Crippen molar-refractivity contribution < 1.29 is 9.59 Å². The molecule has 1 aromatic heterocycles. The highest BCUT2D eigenvalue weighted by Crippen LogP contribution is 2.23. The van der Waals surface area contributed by atoms with Crippen molar-refractivity contribution in [2.24, 2.45) is 5.73 Å². The van der Waals surface area contributed by atoms with Crippen LogP contribution in [0.5, 0.6) is 0 Å². The standard InChI is InChI=1S/C13H20N4O2S/c1-8-10(14)6-11(20-8)13(19)16-9-2-4-17(5-3-9)7-12(15)18/h6,9H,2-5,7,14H2,1H3,(H2,15,18)(H,16,19). The number of carbonyl (C=O) groups is 2. The van der Waals surface area contributed by atoms with Crippen LogP contribution < -0.4 is 16.8 Å². The number of nitrogens with one attached hydrogen (secondary N) is 1. The van der Waals surface area contributed by atoms with Gasteiger partial charge < -0.3 is 16.8 Å². The predicted octanol–water partition coefficient (Wildman–Crippen LogP) is 0.318. The fourth-order valence-corrected chi connectivity index (χ4v) is 3.16. The van der Waals surface area contributed by atoms with E-state index in [-0.39, 0.29) is 17.9 Å². The normalized spacial score (nSPS) is 17.1. The molecular formula is C13H20N4O2S. The van der Waals surface area contributed by atoms with Crippen LogP contribution in [0.4, 0.5) is 5.69 Å². The van der Waals surface area contributed by atoms with Crippen LogP contribution in [0.15, 0.2) is 6.07 Å². The maximum absolute atomic E-state index is 12.1. The Morgan fingerprint density at radius 2 is 2.10 bits per heavy atom. The molecule has 20 heavy (non-hydrogen) atoms. The summed E-state index contributed by atoms with van der Waals surface area (Å²) in [6, 6.07) is 1.87. The molecule has 0 bridgehead atoms. The molecule has 1 aliphatic rings. The van der Waals surface area contributed by atoms with E-state index in [1.54, 1.807) is 6.07 Å². The van der Waals surface area contributed by atoms with E-state index in [1.807, 2.05) is 11.8 Å². The summed E-state index contributed by atoms with van der Waals surface area (Å²) in [6.45, 7) is 3.75. The summed E-state index contributed by atoms with van der Waals surface area (Å²) in [6.07, 6.45) is 1.66. The first kappa shape index (κ1) is 14.8. The molecule has 2 amide bonds. The molecule has 0 saturated carbocycles. The Labute approximate surface area is 122 Å². The zero-order valence-electron chi connectivity index (χ0n) is 11.5. The second kappa shape index (κ2) is 6.23. The van der Waals surface area contributed by atoms with E-state index in [4.69, 9.17) is 11.5 Å². The molecule has 0 atom stereocenters. The van der Waals surface area contributed by atoms with Gasteiger partial charge in [0.15, 0.2) is 0 Å². The number of rotatable bonds is 4. The highest BCUT2D eigenvalue weighted by molar-refractivity contribution is 7.14. The van der Waals surface area contributed by atoms with Crippen LogP contribution in [0, 0.1) is 6.92 Å². The van der Waals surface area contributed by atoms with Crippen molar-refractivity contribution in [3.8, 4) is 0 Å². The third-order valence-electron chi connectivity index (χ3n) is 3.48. The van der Waals surface area contributed by atoms with E-state index < -0.39 is 0 Å². The smallest absolute Gasteiger partial charge is 0.261 e. The zero-order valence-corrected chi connectivity index (χ0v) is 12.3.